The van der Waals surface area contributed by atoms with Crippen molar-refractivity contribution in [2.45, 2.75) is 58.5 Å². The lowest BCUT2D eigenvalue weighted by Gasteiger charge is -2.15. The molecule has 0 fully saturated rings. The highest BCUT2D eigenvalue weighted by Gasteiger charge is 2.10. The van der Waals surface area contributed by atoms with E-state index in [9.17, 15) is 5.11 Å². The van der Waals surface area contributed by atoms with E-state index in [1.54, 1.807) is 6.33 Å². The molecule has 0 saturated carbocycles. The molecule has 0 saturated heterocycles. The Morgan fingerprint density at radius 1 is 1.29 bits per heavy atom. The molecule has 0 aliphatic carbocycles. The molecule has 2 aromatic rings. The zero-order chi connectivity index (χ0) is 15.1. The third-order valence-electron chi connectivity index (χ3n) is 3.94. The minimum absolute atomic E-state index is 0.162. The molecule has 5 heteroatoms. The standard InChI is InChI=1S/C16H26N4O/c1-3-4-5-6-7-14(10-21)17-8-13-9-18-15-12(2)19-11-20-16(13)15/h9,11,14,17-18,21H,3-8,10H2,1-2H3/t14-/m0/s1. The maximum atomic E-state index is 9.47. The fraction of sp³-hybridized carbons (Fsp3) is 0.625. The number of aryl methyl sites for hydroxylation is 1. The van der Waals surface area contributed by atoms with Gasteiger partial charge < -0.3 is 15.4 Å². The maximum Gasteiger partial charge on any atom is 0.116 e. The summed E-state index contributed by atoms with van der Waals surface area (Å²) in [5, 5.41) is 12.9. The van der Waals surface area contributed by atoms with E-state index >= 15 is 0 Å². The van der Waals surface area contributed by atoms with Gasteiger partial charge in [-0.25, -0.2) is 9.97 Å². The van der Waals surface area contributed by atoms with Crippen LogP contribution in [0.25, 0.3) is 11.0 Å². The summed E-state index contributed by atoms with van der Waals surface area (Å²) < 4.78 is 0. The Morgan fingerprint density at radius 2 is 2.14 bits per heavy atom. The first-order valence-corrected chi connectivity index (χ1v) is 7.88. The fourth-order valence-electron chi connectivity index (χ4n) is 2.58. The fourth-order valence-corrected chi connectivity index (χ4v) is 2.58. The van der Waals surface area contributed by atoms with Gasteiger partial charge in [-0.1, -0.05) is 32.6 Å². The van der Waals surface area contributed by atoms with Gasteiger partial charge in [0, 0.05) is 24.3 Å². The minimum atomic E-state index is 0.162. The first-order chi connectivity index (χ1) is 10.3. The molecule has 0 unspecified atom stereocenters. The summed E-state index contributed by atoms with van der Waals surface area (Å²) in [7, 11) is 0. The first kappa shape index (κ1) is 15.9. The third kappa shape index (κ3) is 4.25. The number of fused-ring (bicyclic) bond motifs is 1. The number of H-pyrrole nitrogens is 1. The molecular weight excluding hydrogens is 264 g/mol. The van der Waals surface area contributed by atoms with Gasteiger partial charge >= 0.3 is 0 Å². The molecule has 21 heavy (non-hydrogen) atoms. The average Bonchev–Trinajstić information content (AvgIpc) is 2.91. The van der Waals surface area contributed by atoms with Crippen LogP contribution >= 0.6 is 0 Å². The number of unbranched alkanes of at least 4 members (excludes halogenated alkanes) is 3. The van der Waals surface area contributed by atoms with Gasteiger partial charge in [0.05, 0.1) is 23.3 Å². The highest BCUT2D eigenvalue weighted by molar-refractivity contribution is 5.80. The van der Waals surface area contributed by atoms with Gasteiger partial charge in [-0.2, -0.15) is 0 Å². The van der Waals surface area contributed by atoms with Crippen LogP contribution in [-0.4, -0.2) is 32.7 Å². The molecule has 116 valence electrons. The molecular formula is C16H26N4O. The number of aliphatic hydroxyl groups excluding tert-OH is 1. The van der Waals surface area contributed by atoms with Crippen molar-refractivity contribution in [3.05, 3.63) is 23.8 Å². The summed E-state index contributed by atoms with van der Waals surface area (Å²) >= 11 is 0. The van der Waals surface area contributed by atoms with E-state index in [-0.39, 0.29) is 12.6 Å². The van der Waals surface area contributed by atoms with Crippen molar-refractivity contribution in [2.75, 3.05) is 6.61 Å². The number of hydrogen-bond acceptors (Lipinski definition) is 4. The molecule has 5 nitrogen and oxygen atoms in total. The van der Waals surface area contributed by atoms with Crippen molar-refractivity contribution in [2.24, 2.45) is 0 Å². The first-order valence-electron chi connectivity index (χ1n) is 7.88. The predicted octanol–water partition coefficient (Wildman–Crippen LogP) is 2.69. The number of hydrogen-bond donors (Lipinski definition) is 3. The second-order valence-corrected chi connectivity index (χ2v) is 5.61. The van der Waals surface area contributed by atoms with Crippen molar-refractivity contribution in [1.29, 1.82) is 0 Å². The summed E-state index contributed by atoms with van der Waals surface area (Å²) in [4.78, 5) is 11.8. The van der Waals surface area contributed by atoms with Crippen molar-refractivity contribution >= 4 is 11.0 Å². The summed E-state index contributed by atoms with van der Waals surface area (Å²) in [6.07, 6.45) is 9.53. The molecule has 0 amide bonds. The lowest BCUT2D eigenvalue weighted by molar-refractivity contribution is 0.232. The molecule has 2 rings (SSSR count). The molecule has 2 aromatic heterocycles. The minimum Gasteiger partial charge on any atom is -0.395 e. The van der Waals surface area contributed by atoms with Gasteiger partial charge in [-0.05, 0) is 13.3 Å². The number of nitrogens with zero attached hydrogens (tertiary/aromatic N) is 2. The maximum absolute atomic E-state index is 9.47. The normalized spacial score (nSPS) is 12.9. The zero-order valence-electron chi connectivity index (χ0n) is 13.0. The Balaban J connectivity index is 1.89. The van der Waals surface area contributed by atoms with Crippen LogP contribution in [0, 0.1) is 6.92 Å². The van der Waals surface area contributed by atoms with Crippen LogP contribution in [0.2, 0.25) is 0 Å². The monoisotopic (exact) mass is 290 g/mol. The smallest absolute Gasteiger partial charge is 0.116 e. The van der Waals surface area contributed by atoms with E-state index in [1.165, 1.54) is 25.7 Å². The molecule has 0 aliphatic rings. The van der Waals surface area contributed by atoms with Crippen LogP contribution in [0.3, 0.4) is 0 Å². The van der Waals surface area contributed by atoms with Crippen molar-refractivity contribution in [1.82, 2.24) is 20.3 Å². The molecule has 0 aliphatic heterocycles. The zero-order valence-corrected chi connectivity index (χ0v) is 13.0. The molecule has 0 aromatic carbocycles. The van der Waals surface area contributed by atoms with E-state index in [0.29, 0.717) is 0 Å². The molecule has 3 N–H and O–H groups in total. The van der Waals surface area contributed by atoms with Crippen LogP contribution in [0.4, 0.5) is 0 Å². The largest absolute Gasteiger partial charge is 0.395 e. The lowest BCUT2D eigenvalue weighted by atomic mass is 10.1. The Bertz CT molecular complexity index is 552. The van der Waals surface area contributed by atoms with Gasteiger partial charge in [0.25, 0.3) is 0 Å². The van der Waals surface area contributed by atoms with Crippen molar-refractivity contribution < 1.29 is 5.11 Å². The lowest BCUT2D eigenvalue weighted by Crippen LogP contribution is -2.31. The van der Waals surface area contributed by atoms with Gasteiger partial charge in [-0.15, -0.1) is 0 Å². The summed E-state index contributed by atoms with van der Waals surface area (Å²) in [5.74, 6) is 0. The van der Waals surface area contributed by atoms with E-state index in [0.717, 1.165) is 35.3 Å². The predicted molar refractivity (Wildman–Crippen MR) is 85.1 cm³/mol. The highest BCUT2D eigenvalue weighted by Crippen LogP contribution is 2.17. The Labute approximate surface area is 126 Å². The van der Waals surface area contributed by atoms with Gasteiger partial charge in [0.1, 0.15) is 6.33 Å². The number of aliphatic hydroxyl groups is 1. The molecule has 0 bridgehead atoms. The summed E-state index contributed by atoms with van der Waals surface area (Å²) in [6, 6.07) is 0.162. The second kappa shape index (κ2) is 8.10. The highest BCUT2D eigenvalue weighted by atomic mass is 16.3. The number of nitrogens with one attached hydrogen (secondary N) is 2. The van der Waals surface area contributed by atoms with Crippen LogP contribution in [0.5, 0.6) is 0 Å². The number of rotatable bonds is 9. The van der Waals surface area contributed by atoms with E-state index in [2.05, 4.69) is 27.2 Å². The molecule has 0 radical (unpaired) electrons. The van der Waals surface area contributed by atoms with Gasteiger partial charge in [0.15, 0.2) is 0 Å². The quantitative estimate of drug-likeness (QED) is 0.621. The Hall–Kier alpha value is -1.46. The van der Waals surface area contributed by atoms with Crippen LogP contribution in [0.15, 0.2) is 12.5 Å². The average molecular weight is 290 g/mol. The summed E-state index contributed by atoms with van der Waals surface area (Å²) in [6.45, 7) is 5.09. The van der Waals surface area contributed by atoms with Crippen LogP contribution in [0.1, 0.15) is 50.3 Å². The Kier molecular flexibility index (Phi) is 6.14. The third-order valence-corrected chi connectivity index (χ3v) is 3.94. The number of aromatic amines is 1. The van der Waals surface area contributed by atoms with Crippen LogP contribution < -0.4 is 5.32 Å². The molecule has 1 atom stereocenters. The Morgan fingerprint density at radius 3 is 2.90 bits per heavy atom. The molecule has 2 heterocycles. The van der Waals surface area contributed by atoms with Crippen molar-refractivity contribution in [3.63, 3.8) is 0 Å². The van der Waals surface area contributed by atoms with Gasteiger partial charge in [-0.3, -0.25) is 0 Å². The molecule has 0 spiro atoms. The topological polar surface area (TPSA) is 73.8 Å². The van der Waals surface area contributed by atoms with E-state index in [4.69, 9.17) is 0 Å². The summed E-state index contributed by atoms with van der Waals surface area (Å²) in [5.41, 5.74) is 4.06. The van der Waals surface area contributed by atoms with Crippen molar-refractivity contribution in [3.8, 4) is 0 Å². The van der Waals surface area contributed by atoms with Gasteiger partial charge in [0.2, 0.25) is 0 Å². The number of aromatic nitrogens is 3. The van der Waals surface area contributed by atoms with E-state index < -0.39 is 0 Å². The second-order valence-electron chi connectivity index (χ2n) is 5.61. The van der Waals surface area contributed by atoms with Crippen LogP contribution in [-0.2, 0) is 6.54 Å². The van der Waals surface area contributed by atoms with E-state index in [1.807, 2.05) is 13.1 Å². The SMILES string of the molecule is CCCCCC[C@@H](CO)NCc1c[nH]c2c(C)ncnc12.